The van der Waals surface area contributed by atoms with Gasteiger partial charge in [-0.25, -0.2) is 9.78 Å². The van der Waals surface area contributed by atoms with Crippen molar-refractivity contribution in [3.63, 3.8) is 0 Å². The molecule has 0 bridgehead atoms. The molecule has 0 aliphatic rings. The van der Waals surface area contributed by atoms with Crippen molar-refractivity contribution < 1.29 is 14.3 Å². The minimum atomic E-state index is -0.242. The van der Waals surface area contributed by atoms with E-state index in [9.17, 15) is 4.79 Å². The van der Waals surface area contributed by atoms with Crippen LogP contribution in [0, 0.1) is 0 Å². The van der Waals surface area contributed by atoms with Crippen LogP contribution < -0.4 is 25.4 Å². The van der Waals surface area contributed by atoms with Crippen LogP contribution in [0.5, 0.6) is 11.5 Å². The standard InChI is InChI=1S/C18H24N4O3/c1-13(15-8-7-14(24-2)12-16(15)25-3)22-18(23)21-11-10-20-17-6-4-5-9-19-17/h4-9,12-13H,10-11H2,1-3H3,(H,19,20)(H2,21,22,23)/t13-/m1/s1. The molecule has 7 heteroatoms. The van der Waals surface area contributed by atoms with Crippen molar-refractivity contribution in [1.29, 1.82) is 0 Å². The number of nitrogens with one attached hydrogen (secondary N) is 3. The highest BCUT2D eigenvalue weighted by Gasteiger charge is 2.14. The van der Waals surface area contributed by atoms with Crippen LogP contribution >= 0.6 is 0 Å². The predicted octanol–water partition coefficient (Wildman–Crippen LogP) is 2.57. The molecule has 0 unspecified atom stereocenters. The minimum Gasteiger partial charge on any atom is -0.497 e. The number of carbonyl (C=O) groups is 1. The van der Waals surface area contributed by atoms with Gasteiger partial charge in [-0.1, -0.05) is 6.07 Å². The molecule has 0 saturated heterocycles. The molecule has 1 atom stereocenters. The molecule has 3 N–H and O–H groups in total. The average Bonchev–Trinajstić information content (AvgIpc) is 2.65. The fourth-order valence-corrected chi connectivity index (χ4v) is 2.34. The number of anilines is 1. The van der Waals surface area contributed by atoms with Crippen molar-refractivity contribution in [3.05, 3.63) is 48.2 Å². The van der Waals surface area contributed by atoms with Gasteiger partial charge in [-0.15, -0.1) is 0 Å². The van der Waals surface area contributed by atoms with Crippen LogP contribution in [0.15, 0.2) is 42.6 Å². The Hall–Kier alpha value is -2.96. The van der Waals surface area contributed by atoms with E-state index >= 15 is 0 Å². The molecule has 1 aromatic carbocycles. The van der Waals surface area contributed by atoms with Crippen molar-refractivity contribution in [2.24, 2.45) is 0 Å². The third-order valence-corrected chi connectivity index (χ3v) is 3.64. The van der Waals surface area contributed by atoms with Gasteiger partial charge in [0.25, 0.3) is 0 Å². The smallest absolute Gasteiger partial charge is 0.315 e. The lowest BCUT2D eigenvalue weighted by Gasteiger charge is -2.18. The van der Waals surface area contributed by atoms with Crippen molar-refractivity contribution >= 4 is 11.8 Å². The minimum absolute atomic E-state index is 0.204. The van der Waals surface area contributed by atoms with E-state index in [-0.39, 0.29) is 12.1 Å². The van der Waals surface area contributed by atoms with Crippen LogP contribution in [-0.4, -0.2) is 38.3 Å². The number of hydrogen-bond acceptors (Lipinski definition) is 5. The number of pyridine rings is 1. The summed E-state index contributed by atoms with van der Waals surface area (Å²) in [5, 5.41) is 8.83. The first-order valence-corrected chi connectivity index (χ1v) is 8.05. The number of carbonyl (C=O) groups excluding carboxylic acids is 1. The molecule has 0 spiro atoms. The summed E-state index contributed by atoms with van der Waals surface area (Å²) in [6.45, 7) is 2.97. The maximum absolute atomic E-state index is 12.0. The molecule has 0 fully saturated rings. The number of amides is 2. The van der Waals surface area contributed by atoms with Gasteiger partial charge in [-0.05, 0) is 31.2 Å². The highest BCUT2D eigenvalue weighted by Crippen LogP contribution is 2.29. The zero-order valence-corrected chi connectivity index (χ0v) is 14.7. The lowest BCUT2D eigenvalue weighted by Crippen LogP contribution is -2.39. The van der Waals surface area contributed by atoms with Gasteiger partial charge < -0.3 is 25.4 Å². The van der Waals surface area contributed by atoms with E-state index in [2.05, 4.69) is 20.9 Å². The second-order valence-electron chi connectivity index (χ2n) is 5.37. The van der Waals surface area contributed by atoms with E-state index in [1.165, 1.54) is 0 Å². The summed E-state index contributed by atoms with van der Waals surface area (Å²) >= 11 is 0. The van der Waals surface area contributed by atoms with Crippen LogP contribution in [0.3, 0.4) is 0 Å². The summed E-state index contributed by atoms with van der Waals surface area (Å²) in [7, 11) is 3.19. The Bertz CT molecular complexity index is 679. The number of hydrogen-bond donors (Lipinski definition) is 3. The van der Waals surface area contributed by atoms with Crippen LogP contribution in [0.25, 0.3) is 0 Å². The Morgan fingerprint density at radius 2 is 2.00 bits per heavy atom. The summed E-state index contributed by atoms with van der Waals surface area (Å²) in [5.74, 6) is 2.16. The zero-order valence-electron chi connectivity index (χ0n) is 14.7. The van der Waals surface area contributed by atoms with E-state index in [0.717, 1.165) is 11.4 Å². The normalized spacial score (nSPS) is 11.3. The summed E-state index contributed by atoms with van der Waals surface area (Å²) in [6, 6.07) is 10.7. The molecule has 0 aliphatic carbocycles. The Morgan fingerprint density at radius 1 is 1.16 bits per heavy atom. The third-order valence-electron chi connectivity index (χ3n) is 3.64. The molecule has 0 saturated carbocycles. The SMILES string of the molecule is COc1ccc([C@@H](C)NC(=O)NCCNc2ccccn2)c(OC)c1. The fourth-order valence-electron chi connectivity index (χ4n) is 2.34. The van der Waals surface area contributed by atoms with Gasteiger partial charge in [0, 0.05) is 30.9 Å². The van der Waals surface area contributed by atoms with E-state index < -0.39 is 0 Å². The molecule has 1 aromatic heterocycles. The van der Waals surface area contributed by atoms with Gasteiger partial charge in [0.15, 0.2) is 0 Å². The first-order chi connectivity index (χ1) is 12.1. The zero-order chi connectivity index (χ0) is 18.1. The first kappa shape index (κ1) is 18.4. The highest BCUT2D eigenvalue weighted by atomic mass is 16.5. The average molecular weight is 344 g/mol. The molecule has 25 heavy (non-hydrogen) atoms. The van der Waals surface area contributed by atoms with E-state index in [0.29, 0.717) is 24.6 Å². The molecule has 2 aromatic rings. The van der Waals surface area contributed by atoms with Crippen molar-refractivity contribution in [2.75, 3.05) is 32.6 Å². The number of nitrogens with zero attached hydrogens (tertiary/aromatic N) is 1. The number of aromatic nitrogens is 1. The lowest BCUT2D eigenvalue weighted by molar-refractivity contribution is 0.238. The topological polar surface area (TPSA) is 84.5 Å². The molecule has 134 valence electrons. The Morgan fingerprint density at radius 3 is 2.68 bits per heavy atom. The Labute approximate surface area is 147 Å². The summed E-state index contributed by atoms with van der Waals surface area (Å²) in [6.07, 6.45) is 1.71. The number of ether oxygens (including phenoxy) is 2. The van der Waals surface area contributed by atoms with Gasteiger partial charge >= 0.3 is 6.03 Å². The second kappa shape index (κ2) is 9.36. The predicted molar refractivity (Wildman–Crippen MR) is 97.2 cm³/mol. The molecular weight excluding hydrogens is 320 g/mol. The first-order valence-electron chi connectivity index (χ1n) is 8.05. The Balaban J connectivity index is 1.79. The molecule has 2 amide bonds. The summed E-state index contributed by atoms with van der Waals surface area (Å²) in [4.78, 5) is 16.2. The van der Waals surface area contributed by atoms with Crippen molar-refractivity contribution in [3.8, 4) is 11.5 Å². The largest absolute Gasteiger partial charge is 0.497 e. The third kappa shape index (κ3) is 5.56. The number of urea groups is 1. The molecule has 0 aliphatic heterocycles. The molecule has 7 nitrogen and oxygen atoms in total. The van der Waals surface area contributed by atoms with Crippen molar-refractivity contribution in [2.45, 2.75) is 13.0 Å². The monoisotopic (exact) mass is 344 g/mol. The van der Waals surface area contributed by atoms with Gasteiger partial charge in [0.05, 0.1) is 20.3 Å². The highest BCUT2D eigenvalue weighted by molar-refractivity contribution is 5.74. The molecule has 2 rings (SSSR count). The van der Waals surface area contributed by atoms with Crippen LogP contribution in [0.4, 0.5) is 10.6 Å². The maximum atomic E-state index is 12.0. The van der Waals surface area contributed by atoms with Crippen LogP contribution in [0.2, 0.25) is 0 Å². The number of rotatable bonds is 8. The number of benzene rings is 1. The molecule has 1 heterocycles. The van der Waals surface area contributed by atoms with Gasteiger partial charge in [0.2, 0.25) is 0 Å². The van der Waals surface area contributed by atoms with E-state index in [4.69, 9.17) is 9.47 Å². The Kier molecular flexibility index (Phi) is 6.88. The number of methoxy groups -OCH3 is 2. The van der Waals surface area contributed by atoms with Gasteiger partial charge in [-0.3, -0.25) is 0 Å². The summed E-state index contributed by atoms with van der Waals surface area (Å²) < 4.78 is 10.6. The van der Waals surface area contributed by atoms with Crippen molar-refractivity contribution in [1.82, 2.24) is 15.6 Å². The maximum Gasteiger partial charge on any atom is 0.315 e. The summed E-state index contributed by atoms with van der Waals surface area (Å²) in [5.41, 5.74) is 0.880. The lowest BCUT2D eigenvalue weighted by atomic mass is 10.1. The quantitative estimate of drug-likeness (QED) is 0.641. The fraction of sp³-hybridized carbons (Fsp3) is 0.333. The van der Waals surface area contributed by atoms with E-state index in [1.54, 1.807) is 26.5 Å². The van der Waals surface area contributed by atoms with Crippen LogP contribution in [0.1, 0.15) is 18.5 Å². The van der Waals surface area contributed by atoms with Gasteiger partial charge in [0.1, 0.15) is 17.3 Å². The van der Waals surface area contributed by atoms with Crippen LogP contribution in [-0.2, 0) is 0 Å². The molecule has 0 radical (unpaired) electrons. The molecular formula is C18H24N4O3. The van der Waals surface area contributed by atoms with Gasteiger partial charge in [-0.2, -0.15) is 0 Å². The second-order valence-corrected chi connectivity index (χ2v) is 5.37. The van der Waals surface area contributed by atoms with E-state index in [1.807, 2.05) is 37.3 Å².